The summed E-state index contributed by atoms with van der Waals surface area (Å²) in [5.41, 5.74) is 2.21. The molecule has 0 saturated carbocycles. The Morgan fingerprint density at radius 3 is 2.79 bits per heavy atom. The van der Waals surface area contributed by atoms with Gasteiger partial charge in [-0.15, -0.1) is 0 Å². The molecular weight excluding hydrogens is 337 g/mol. The van der Waals surface area contributed by atoms with E-state index >= 15 is 0 Å². The average molecular weight is 351 g/mol. The quantitative estimate of drug-likeness (QED) is 0.645. The van der Waals surface area contributed by atoms with Crippen LogP contribution in [0.2, 0.25) is 0 Å². The van der Waals surface area contributed by atoms with Crippen LogP contribution < -0.4 is 4.74 Å². The molecular formula is C12H13BrClNO4. The van der Waals surface area contributed by atoms with Crippen LogP contribution in [0.15, 0.2) is 27.7 Å². The van der Waals surface area contributed by atoms with Gasteiger partial charge in [-0.1, -0.05) is 27.5 Å². The zero-order chi connectivity index (χ0) is 14.6. The van der Waals surface area contributed by atoms with Crippen molar-refractivity contribution in [3.8, 4) is 5.75 Å². The van der Waals surface area contributed by atoms with Gasteiger partial charge in [0, 0.05) is 21.6 Å². The second-order valence-corrected chi connectivity index (χ2v) is 5.15. The SMILES string of the molecule is C/C(=C\Cl)COc1c([C@@H](C)O)cc(Br)cc1[N+](=O)[O-]. The fourth-order valence-corrected chi connectivity index (χ4v) is 1.95. The maximum Gasteiger partial charge on any atom is 0.312 e. The molecule has 7 heteroatoms. The summed E-state index contributed by atoms with van der Waals surface area (Å²) in [7, 11) is 0. The highest BCUT2D eigenvalue weighted by molar-refractivity contribution is 9.10. The average Bonchev–Trinajstić information content (AvgIpc) is 2.35. The monoisotopic (exact) mass is 349 g/mol. The number of aliphatic hydroxyl groups is 1. The Hall–Kier alpha value is -1.11. The minimum absolute atomic E-state index is 0.0565. The van der Waals surface area contributed by atoms with Gasteiger partial charge in [-0.25, -0.2) is 0 Å². The lowest BCUT2D eigenvalue weighted by Gasteiger charge is -2.14. The van der Waals surface area contributed by atoms with Crippen molar-refractivity contribution in [2.75, 3.05) is 6.61 Å². The molecule has 5 nitrogen and oxygen atoms in total. The molecule has 0 saturated heterocycles. The Kier molecular flexibility index (Phi) is 5.78. The zero-order valence-electron chi connectivity index (χ0n) is 10.4. The summed E-state index contributed by atoms with van der Waals surface area (Å²) in [5, 5.41) is 20.7. The van der Waals surface area contributed by atoms with Crippen molar-refractivity contribution in [1.29, 1.82) is 0 Å². The summed E-state index contributed by atoms with van der Waals surface area (Å²) in [6.45, 7) is 3.37. The highest BCUT2D eigenvalue weighted by Crippen LogP contribution is 2.38. The van der Waals surface area contributed by atoms with E-state index in [4.69, 9.17) is 16.3 Å². The number of nitro groups is 1. The fourth-order valence-electron chi connectivity index (χ4n) is 1.42. The van der Waals surface area contributed by atoms with Gasteiger partial charge in [0.1, 0.15) is 6.61 Å². The van der Waals surface area contributed by atoms with E-state index in [1.165, 1.54) is 18.5 Å². The van der Waals surface area contributed by atoms with E-state index in [1.54, 1.807) is 13.0 Å². The Balaban J connectivity index is 3.27. The maximum atomic E-state index is 11.0. The van der Waals surface area contributed by atoms with Crippen molar-refractivity contribution in [2.24, 2.45) is 0 Å². The van der Waals surface area contributed by atoms with Crippen molar-refractivity contribution in [2.45, 2.75) is 20.0 Å². The van der Waals surface area contributed by atoms with Crippen molar-refractivity contribution in [1.82, 2.24) is 0 Å². The van der Waals surface area contributed by atoms with Crippen molar-refractivity contribution < 1.29 is 14.8 Å². The molecule has 0 heterocycles. The van der Waals surface area contributed by atoms with E-state index in [-0.39, 0.29) is 18.0 Å². The standard InChI is InChI=1S/C12H13BrClNO4/c1-7(5-14)6-19-12-10(8(2)16)3-9(13)4-11(12)15(17)18/h3-5,8,16H,6H2,1-2H3/b7-5+/t8-/m1/s1. The van der Waals surface area contributed by atoms with Gasteiger partial charge in [0.25, 0.3) is 0 Å². The van der Waals surface area contributed by atoms with Gasteiger partial charge >= 0.3 is 5.69 Å². The third kappa shape index (κ3) is 4.19. The predicted molar refractivity (Wildman–Crippen MR) is 76.5 cm³/mol. The van der Waals surface area contributed by atoms with Crippen LogP contribution in [0.25, 0.3) is 0 Å². The Morgan fingerprint density at radius 1 is 1.68 bits per heavy atom. The molecule has 1 aromatic carbocycles. The molecule has 1 N–H and O–H groups in total. The lowest BCUT2D eigenvalue weighted by molar-refractivity contribution is -0.386. The largest absolute Gasteiger partial charge is 0.482 e. The third-order valence-electron chi connectivity index (χ3n) is 2.34. The van der Waals surface area contributed by atoms with Gasteiger partial charge in [0.2, 0.25) is 5.75 Å². The molecule has 0 aliphatic rings. The van der Waals surface area contributed by atoms with Gasteiger partial charge in [0.15, 0.2) is 0 Å². The molecule has 0 radical (unpaired) electrons. The fraction of sp³-hybridized carbons (Fsp3) is 0.333. The van der Waals surface area contributed by atoms with Gasteiger partial charge in [-0.05, 0) is 25.5 Å². The molecule has 1 atom stereocenters. The number of aliphatic hydroxyl groups excluding tert-OH is 1. The molecule has 104 valence electrons. The van der Waals surface area contributed by atoms with Gasteiger partial charge in [0.05, 0.1) is 11.0 Å². The summed E-state index contributed by atoms with van der Waals surface area (Å²) >= 11 is 8.69. The first-order valence-electron chi connectivity index (χ1n) is 5.41. The van der Waals surface area contributed by atoms with E-state index in [0.717, 1.165) is 5.57 Å². The van der Waals surface area contributed by atoms with Crippen LogP contribution in [-0.2, 0) is 0 Å². The molecule has 0 aliphatic carbocycles. The minimum Gasteiger partial charge on any atom is -0.482 e. The van der Waals surface area contributed by atoms with E-state index in [9.17, 15) is 15.2 Å². The number of nitro benzene ring substituents is 1. The molecule has 0 fully saturated rings. The number of ether oxygens (including phenoxy) is 1. The molecule has 19 heavy (non-hydrogen) atoms. The van der Waals surface area contributed by atoms with Crippen LogP contribution in [0.1, 0.15) is 25.5 Å². The predicted octanol–water partition coefficient (Wildman–Crippen LogP) is 3.93. The number of halogens is 2. The summed E-state index contributed by atoms with van der Waals surface area (Å²) in [5.74, 6) is 0.0565. The molecule has 0 amide bonds. The minimum atomic E-state index is -0.883. The Labute approximate surface area is 124 Å². The molecule has 0 aliphatic heterocycles. The van der Waals surface area contributed by atoms with Crippen molar-refractivity contribution >= 4 is 33.2 Å². The van der Waals surface area contributed by atoms with Crippen molar-refractivity contribution in [3.63, 3.8) is 0 Å². The summed E-state index contributed by atoms with van der Waals surface area (Å²) in [4.78, 5) is 10.5. The van der Waals surface area contributed by atoms with Crippen LogP contribution >= 0.6 is 27.5 Å². The van der Waals surface area contributed by atoms with E-state index in [1.807, 2.05) is 0 Å². The first-order valence-corrected chi connectivity index (χ1v) is 6.64. The van der Waals surface area contributed by atoms with E-state index in [2.05, 4.69) is 15.9 Å². The molecule has 0 spiro atoms. The summed E-state index contributed by atoms with van der Waals surface area (Å²) < 4.78 is 5.93. The molecule has 0 aromatic heterocycles. The zero-order valence-corrected chi connectivity index (χ0v) is 12.7. The molecule has 1 aromatic rings. The Morgan fingerprint density at radius 2 is 2.32 bits per heavy atom. The van der Waals surface area contributed by atoms with E-state index in [0.29, 0.717) is 10.0 Å². The second kappa shape index (κ2) is 6.88. The number of hydrogen-bond donors (Lipinski definition) is 1. The Bertz CT molecular complexity index is 517. The van der Waals surface area contributed by atoms with Gasteiger partial charge < -0.3 is 9.84 Å². The smallest absolute Gasteiger partial charge is 0.312 e. The number of benzene rings is 1. The first-order chi connectivity index (χ1) is 8.86. The van der Waals surface area contributed by atoms with Gasteiger partial charge in [-0.3, -0.25) is 10.1 Å². The lowest BCUT2D eigenvalue weighted by Crippen LogP contribution is -2.06. The molecule has 0 unspecified atom stereocenters. The maximum absolute atomic E-state index is 11.0. The third-order valence-corrected chi connectivity index (χ3v) is 3.17. The number of rotatable bonds is 5. The van der Waals surface area contributed by atoms with Crippen LogP contribution in [0.5, 0.6) is 5.75 Å². The topological polar surface area (TPSA) is 72.6 Å². The van der Waals surface area contributed by atoms with Crippen LogP contribution in [0, 0.1) is 10.1 Å². The van der Waals surface area contributed by atoms with Crippen molar-refractivity contribution in [3.05, 3.63) is 43.4 Å². The first kappa shape index (κ1) is 15.9. The highest BCUT2D eigenvalue weighted by Gasteiger charge is 2.23. The number of hydrogen-bond acceptors (Lipinski definition) is 4. The summed E-state index contributed by atoms with van der Waals surface area (Å²) in [6, 6.07) is 2.92. The van der Waals surface area contributed by atoms with E-state index < -0.39 is 11.0 Å². The lowest BCUT2D eigenvalue weighted by atomic mass is 10.1. The highest BCUT2D eigenvalue weighted by atomic mass is 79.9. The van der Waals surface area contributed by atoms with Crippen LogP contribution in [-0.4, -0.2) is 16.6 Å². The van der Waals surface area contributed by atoms with Crippen LogP contribution in [0.4, 0.5) is 5.69 Å². The summed E-state index contributed by atoms with van der Waals surface area (Å²) in [6.07, 6.45) is -0.883. The van der Waals surface area contributed by atoms with Gasteiger partial charge in [-0.2, -0.15) is 0 Å². The molecule has 1 rings (SSSR count). The second-order valence-electron chi connectivity index (χ2n) is 4.02. The number of nitrogens with zero attached hydrogens (tertiary/aromatic N) is 1. The molecule has 0 bridgehead atoms. The normalized spacial score (nSPS) is 13.2. The van der Waals surface area contributed by atoms with Crippen LogP contribution in [0.3, 0.4) is 0 Å².